The highest BCUT2D eigenvalue weighted by molar-refractivity contribution is 5.85. The summed E-state index contributed by atoms with van der Waals surface area (Å²) >= 11 is 0. The predicted octanol–water partition coefficient (Wildman–Crippen LogP) is 0.364. The van der Waals surface area contributed by atoms with Crippen molar-refractivity contribution >= 4 is 11.7 Å². The van der Waals surface area contributed by atoms with E-state index in [0.29, 0.717) is 13.2 Å². The molecule has 0 aromatic heterocycles. The van der Waals surface area contributed by atoms with Gasteiger partial charge in [-0.05, 0) is 19.3 Å². The Hall–Kier alpha value is -0.900. The van der Waals surface area contributed by atoms with Gasteiger partial charge >= 0.3 is 0 Å². The number of amides is 1. The van der Waals surface area contributed by atoms with Crippen LogP contribution in [0.5, 0.6) is 0 Å². The third-order valence-corrected chi connectivity index (χ3v) is 2.49. The molecule has 2 atom stereocenters. The molecular weight excluding hydrogens is 182 g/mol. The first-order chi connectivity index (χ1) is 6.61. The zero-order valence-corrected chi connectivity index (χ0v) is 8.71. The Labute approximate surface area is 84.0 Å². The van der Waals surface area contributed by atoms with Crippen LogP contribution in [0.4, 0.5) is 0 Å². The number of carbonyl (C=O) groups is 2. The normalized spacial score (nSPS) is 27.0. The summed E-state index contributed by atoms with van der Waals surface area (Å²) in [5.41, 5.74) is 0. The standard InChI is InChI=1S/C10H17NO3/c1-7-6-14-4-3-9(7)10(13)11-5-8(2)12/h7,9H,3-6H2,1-2H3,(H,11,13). The van der Waals surface area contributed by atoms with Crippen LogP contribution in [0.25, 0.3) is 0 Å². The molecule has 1 saturated heterocycles. The Bertz CT molecular complexity index is 227. The lowest BCUT2D eigenvalue weighted by Gasteiger charge is -2.27. The number of ether oxygens (including phenoxy) is 1. The fourth-order valence-electron chi connectivity index (χ4n) is 1.61. The third-order valence-electron chi connectivity index (χ3n) is 2.49. The molecule has 4 heteroatoms. The average molecular weight is 199 g/mol. The molecule has 1 fully saturated rings. The molecule has 14 heavy (non-hydrogen) atoms. The van der Waals surface area contributed by atoms with Gasteiger partial charge in [-0.1, -0.05) is 6.92 Å². The van der Waals surface area contributed by atoms with Gasteiger partial charge in [0.25, 0.3) is 0 Å². The van der Waals surface area contributed by atoms with Crippen molar-refractivity contribution in [2.24, 2.45) is 11.8 Å². The minimum Gasteiger partial charge on any atom is -0.381 e. The molecule has 1 rings (SSSR count). The molecule has 0 aliphatic carbocycles. The van der Waals surface area contributed by atoms with Gasteiger partial charge in [0.1, 0.15) is 5.78 Å². The quantitative estimate of drug-likeness (QED) is 0.714. The van der Waals surface area contributed by atoms with Crippen LogP contribution in [0.1, 0.15) is 20.3 Å². The van der Waals surface area contributed by atoms with E-state index >= 15 is 0 Å². The van der Waals surface area contributed by atoms with E-state index in [1.165, 1.54) is 6.92 Å². The van der Waals surface area contributed by atoms with E-state index in [4.69, 9.17) is 4.74 Å². The summed E-state index contributed by atoms with van der Waals surface area (Å²) in [5, 5.41) is 2.64. The van der Waals surface area contributed by atoms with Gasteiger partial charge in [0.05, 0.1) is 6.54 Å². The van der Waals surface area contributed by atoms with E-state index in [1.54, 1.807) is 0 Å². The molecule has 0 spiro atoms. The van der Waals surface area contributed by atoms with Crippen LogP contribution in [0.2, 0.25) is 0 Å². The van der Waals surface area contributed by atoms with Crippen LogP contribution in [0, 0.1) is 11.8 Å². The summed E-state index contributed by atoms with van der Waals surface area (Å²) < 4.78 is 5.24. The highest BCUT2D eigenvalue weighted by atomic mass is 16.5. The van der Waals surface area contributed by atoms with Gasteiger partial charge in [0.15, 0.2) is 0 Å². The number of carbonyl (C=O) groups excluding carboxylic acids is 2. The van der Waals surface area contributed by atoms with Crippen LogP contribution in [-0.2, 0) is 14.3 Å². The Morgan fingerprint density at radius 3 is 2.79 bits per heavy atom. The first-order valence-corrected chi connectivity index (χ1v) is 4.96. The summed E-state index contributed by atoms with van der Waals surface area (Å²) in [6.07, 6.45) is 0.755. The van der Waals surface area contributed by atoms with Gasteiger partial charge in [-0.25, -0.2) is 0 Å². The van der Waals surface area contributed by atoms with E-state index in [-0.39, 0.29) is 30.1 Å². The second-order valence-corrected chi connectivity index (χ2v) is 3.87. The van der Waals surface area contributed by atoms with Gasteiger partial charge in [-0.15, -0.1) is 0 Å². The van der Waals surface area contributed by atoms with Crippen LogP contribution in [0.15, 0.2) is 0 Å². The highest BCUT2D eigenvalue weighted by Gasteiger charge is 2.28. The van der Waals surface area contributed by atoms with Crippen molar-refractivity contribution in [2.45, 2.75) is 20.3 Å². The lowest BCUT2D eigenvalue weighted by molar-refractivity contribution is -0.132. The first-order valence-electron chi connectivity index (χ1n) is 4.96. The van der Waals surface area contributed by atoms with Crippen molar-refractivity contribution in [3.05, 3.63) is 0 Å². The molecule has 1 amide bonds. The maximum atomic E-state index is 11.6. The lowest BCUT2D eigenvalue weighted by Crippen LogP contribution is -2.40. The Morgan fingerprint density at radius 2 is 2.21 bits per heavy atom. The second kappa shape index (κ2) is 5.10. The molecule has 0 radical (unpaired) electrons. The van der Waals surface area contributed by atoms with Gasteiger partial charge in [0.2, 0.25) is 5.91 Å². The molecule has 4 nitrogen and oxygen atoms in total. The van der Waals surface area contributed by atoms with Crippen LogP contribution in [-0.4, -0.2) is 31.4 Å². The van der Waals surface area contributed by atoms with E-state index in [2.05, 4.69) is 5.32 Å². The van der Waals surface area contributed by atoms with Gasteiger partial charge in [-0.2, -0.15) is 0 Å². The average Bonchev–Trinajstić information content (AvgIpc) is 2.15. The summed E-state index contributed by atoms with van der Waals surface area (Å²) in [4.78, 5) is 22.3. The van der Waals surface area contributed by atoms with Gasteiger partial charge < -0.3 is 10.1 Å². The molecule has 0 bridgehead atoms. The molecule has 1 N–H and O–H groups in total. The van der Waals surface area contributed by atoms with Crippen molar-refractivity contribution < 1.29 is 14.3 Å². The van der Waals surface area contributed by atoms with Crippen molar-refractivity contribution in [3.63, 3.8) is 0 Å². The number of hydrogen-bond acceptors (Lipinski definition) is 3. The van der Waals surface area contributed by atoms with Gasteiger partial charge in [0, 0.05) is 19.1 Å². The third kappa shape index (κ3) is 3.10. The zero-order chi connectivity index (χ0) is 10.6. The summed E-state index contributed by atoms with van der Waals surface area (Å²) in [6, 6.07) is 0. The predicted molar refractivity (Wildman–Crippen MR) is 51.8 cm³/mol. The summed E-state index contributed by atoms with van der Waals surface area (Å²) in [5.74, 6) is 0.216. The first kappa shape index (κ1) is 11.2. The number of ketones is 1. The lowest BCUT2D eigenvalue weighted by atomic mass is 9.89. The Balaban J connectivity index is 2.38. The van der Waals surface area contributed by atoms with E-state index in [0.717, 1.165) is 6.42 Å². The van der Waals surface area contributed by atoms with Crippen molar-refractivity contribution in [2.75, 3.05) is 19.8 Å². The second-order valence-electron chi connectivity index (χ2n) is 3.87. The molecule has 2 unspecified atom stereocenters. The Morgan fingerprint density at radius 1 is 1.50 bits per heavy atom. The minimum atomic E-state index is -0.0176. The number of rotatable bonds is 3. The van der Waals surface area contributed by atoms with Crippen LogP contribution in [0.3, 0.4) is 0 Å². The SMILES string of the molecule is CC(=O)CNC(=O)C1CCOCC1C. The molecule has 80 valence electrons. The fourth-order valence-corrected chi connectivity index (χ4v) is 1.61. The summed E-state index contributed by atoms with van der Waals surface area (Å²) in [6.45, 7) is 4.88. The zero-order valence-electron chi connectivity index (χ0n) is 8.71. The van der Waals surface area contributed by atoms with Crippen LogP contribution >= 0.6 is 0 Å². The largest absolute Gasteiger partial charge is 0.381 e. The van der Waals surface area contributed by atoms with Gasteiger partial charge in [-0.3, -0.25) is 9.59 Å². The maximum Gasteiger partial charge on any atom is 0.223 e. The maximum absolute atomic E-state index is 11.6. The monoisotopic (exact) mass is 199 g/mol. The van der Waals surface area contributed by atoms with E-state index < -0.39 is 0 Å². The minimum absolute atomic E-state index is 0.00287. The highest BCUT2D eigenvalue weighted by Crippen LogP contribution is 2.21. The molecule has 1 aliphatic rings. The topological polar surface area (TPSA) is 55.4 Å². The summed E-state index contributed by atoms with van der Waals surface area (Å²) in [7, 11) is 0. The van der Waals surface area contributed by atoms with Crippen molar-refractivity contribution in [1.82, 2.24) is 5.32 Å². The Kier molecular flexibility index (Phi) is 4.07. The van der Waals surface area contributed by atoms with Crippen LogP contribution < -0.4 is 5.32 Å². The molecule has 1 heterocycles. The fraction of sp³-hybridized carbons (Fsp3) is 0.800. The van der Waals surface area contributed by atoms with E-state index in [9.17, 15) is 9.59 Å². The molecule has 0 aromatic carbocycles. The smallest absolute Gasteiger partial charge is 0.223 e. The molecule has 0 saturated carbocycles. The molecular formula is C10H17NO3. The number of hydrogen-bond donors (Lipinski definition) is 1. The number of nitrogens with one attached hydrogen (secondary N) is 1. The number of Topliss-reactive ketones (excluding diaryl/α,β-unsaturated/α-hetero) is 1. The molecule has 0 aromatic rings. The van der Waals surface area contributed by atoms with E-state index in [1.807, 2.05) is 6.92 Å². The molecule has 1 aliphatic heterocycles. The van der Waals surface area contributed by atoms with Crippen molar-refractivity contribution in [3.8, 4) is 0 Å². The van der Waals surface area contributed by atoms with Crippen molar-refractivity contribution in [1.29, 1.82) is 0 Å².